The molecule has 0 aliphatic rings. The first-order chi connectivity index (χ1) is 12.5. The molecular formula is C17H16ClFN6O. The van der Waals surface area contributed by atoms with E-state index in [1.54, 1.807) is 19.2 Å². The van der Waals surface area contributed by atoms with Crippen molar-refractivity contribution in [3.8, 4) is 0 Å². The lowest BCUT2D eigenvalue weighted by molar-refractivity contribution is 0.100. The number of nitrogens with one attached hydrogen (secondary N) is 2. The highest BCUT2D eigenvalue weighted by atomic mass is 35.5. The summed E-state index contributed by atoms with van der Waals surface area (Å²) in [4.78, 5) is 24.2. The summed E-state index contributed by atoms with van der Waals surface area (Å²) >= 11 is 5.90. The van der Waals surface area contributed by atoms with Crippen molar-refractivity contribution in [2.45, 2.75) is 6.04 Å². The number of anilines is 1. The van der Waals surface area contributed by atoms with Crippen molar-refractivity contribution in [2.24, 2.45) is 5.73 Å². The molecule has 0 spiro atoms. The average Bonchev–Trinajstić information content (AvgIpc) is 2.63. The Kier molecular flexibility index (Phi) is 5.24. The molecule has 2 aromatic heterocycles. The van der Waals surface area contributed by atoms with E-state index < -0.39 is 11.7 Å². The van der Waals surface area contributed by atoms with Gasteiger partial charge >= 0.3 is 0 Å². The lowest BCUT2D eigenvalue weighted by atomic mass is 10.1. The summed E-state index contributed by atoms with van der Waals surface area (Å²) in [5, 5.41) is 6.34. The molecule has 1 atom stereocenters. The van der Waals surface area contributed by atoms with Crippen LogP contribution in [0.25, 0.3) is 11.0 Å². The van der Waals surface area contributed by atoms with Crippen LogP contribution in [0.15, 0.2) is 36.8 Å². The molecule has 0 fully saturated rings. The van der Waals surface area contributed by atoms with Gasteiger partial charge in [0, 0.05) is 12.7 Å². The number of carbonyl (C=O) groups excluding carboxylic acids is 1. The third-order valence-corrected chi connectivity index (χ3v) is 4.14. The second-order valence-electron chi connectivity index (χ2n) is 5.57. The highest BCUT2D eigenvalue weighted by molar-refractivity contribution is 6.30. The van der Waals surface area contributed by atoms with Gasteiger partial charge in [0.05, 0.1) is 16.6 Å². The Balaban J connectivity index is 2.03. The number of carbonyl (C=O) groups is 1. The van der Waals surface area contributed by atoms with Gasteiger partial charge in [0.25, 0.3) is 5.91 Å². The van der Waals surface area contributed by atoms with Crippen LogP contribution in [0.5, 0.6) is 0 Å². The fraction of sp³-hybridized carbons (Fsp3) is 0.176. The summed E-state index contributed by atoms with van der Waals surface area (Å²) < 4.78 is 13.5. The van der Waals surface area contributed by atoms with Crippen LogP contribution in [-0.4, -0.2) is 34.5 Å². The van der Waals surface area contributed by atoms with Crippen LogP contribution in [0.3, 0.4) is 0 Å². The second kappa shape index (κ2) is 7.59. The van der Waals surface area contributed by atoms with Crippen LogP contribution in [-0.2, 0) is 0 Å². The highest BCUT2D eigenvalue weighted by Gasteiger charge is 2.17. The van der Waals surface area contributed by atoms with Gasteiger partial charge in [-0.2, -0.15) is 0 Å². The van der Waals surface area contributed by atoms with Gasteiger partial charge in [0.1, 0.15) is 23.2 Å². The van der Waals surface area contributed by atoms with Gasteiger partial charge in [0.2, 0.25) is 0 Å². The Morgan fingerprint density at radius 3 is 2.77 bits per heavy atom. The first-order valence-electron chi connectivity index (χ1n) is 7.77. The normalized spacial score (nSPS) is 12.1. The predicted molar refractivity (Wildman–Crippen MR) is 97.6 cm³/mol. The van der Waals surface area contributed by atoms with E-state index in [0.29, 0.717) is 23.4 Å². The number of likely N-dealkylation sites (N-methyl/N-ethyl adjacent to an activating group) is 1. The molecule has 0 aliphatic heterocycles. The molecule has 0 saturated carbocycles. The molecule has 0 radical (unpaired) electrons. The monoisotopic (exact) mass is 374 g/mol. The van der Waals surface area contributed by atoms with Crippen LogP contribution >= 0.6 is 11.6 Å². The zero-order valence-electron chi connectivity index (χ0n) is 13.8. The summed E-state index contributed by atoms with van der Waals surface area (Å²) in [6.45, 7) is 0.517. The summed E-state index contributed by atoms with van der Waals surface area (Å²) in [6.07, 6.45) is 2.80. The number of pyridine rings is 1. The van der Waals surface area contributed by atoms with Crippen LogP contribution in [0, 0.1) is 5.82 Å². The van der Waals surface area contributed by atoms with Gasteiger partial charge in [0.15, 0.2) is 5.82 Å². The summed E-state index contributed by atoms with van der Waals surface area (Å²) in [7, 11) is 1.79. The molecule has 0 saturated heterocycles. The molecule has 0 unspecified atom stereocenters. The second-order valence-corrected chi connectivity index (χ2v) is 5.98. The summed E-state index contributed by atoms with van der Waals surface area (Å²) in [6, 6.07) is 5.74. The Morgan fingerprint density at radius 1 is 1.27 bits per heavy atom. The molecule has 134 valence electrons. The fourth-order valence-corrected chi connectivity index (χ4v) is 2.81. The molecular weight excluding hydrogens is 359 g/mol. The third kappa shape index (κ3) is 3.56. The third-order valence-electron chi connectivity index (χ3n) is 3.85. The van der Waals surface area contributed by atoms with Gasteiger partial charge in [-0.1, -0.05) is 17.7 Å². The van der Waals surface area contributed by atoms with E-state index in [1.165, 1.54) is 24.7 Å². The van der Waals surface area contributed by atoms with Gasteiger partial charge in [-0.3, -0.25) is 9.78 Å². The first kappa shape index (κ1) is 18.0. The van der Waals surface area contributed by atoms with Gasteiger partial charge in [-0.15, -0.1) is 0 Å². The van der Waals surface area contributed by atoms with E-state index in [-0.39, 0.29) is 16.6 Å². The number of hydrogen-bond acceptors (Lipinski definition) is 6. The Morgan fingerprint density at radius 2 is 2.08 bits per heavy atom. The number of nitrogens with two attached hydrogens (primary N) is 1. The molecule has 4 N–H and O–H groups in total. The quantitative estimate of drug-likeness (QED) is 0.611. The fourth-order valence-electron chi connectivity index (χ4n) is 2.62. The molecule has 2 heterocycles. The Bertz CT molecular complexity index is 967. The molecule has 0 aliphatic carbocycles. The lowest BCUT2D eigenvalue weighted by Gasteiger charge is -2.20. The minimum Gasteiger partial charge on any atom is -0.366 e. The molecule has 26 heavy (non-hydrogen) atoms. The van der Waals surface area contributed by atoms with Crippen molar-refractivity contribution in [1.29, 1.82) is 0 Å². The Hall–Kier alpha value is -2.84. The minimum atomic E-state index is -0.598. The van der Waals surface area contributed by atoms with Crippen LogP contribution in [0.2, 0.25) is 5.02 Å². The largest absolute Gasteiger partial charge is 0.366 e. The number of amides is 1. The van der Waals surface area contributed by atoms with Crippen LogP contribution in [0.1, 0.15) is 22.0 Å². The number of aromatic nitrogens is 3. The van der Waals surface area contributed by atoms with Crippen molar-refractivity contribution >= 4 is 34.4 Å². The highest BCUT2D eigenvalue weighted by Crippen LogP contribution is 2.26. The smallest absolute Gasteiger partial charge is 0.251 e. The Labute approximate surface area is 153 Å². The number of rotatable bonds is 6. The van der Waals surface area contributed by atoms with Crippen LogP contribution in [0.4, 0.5) is 10.2 Å². The van der Waals surface area contributed by atoms with Gasteiger partial charge in [-0.05, 0) is 30.8 Å². The molecule has 1 aromatic carbocycles. The van der Waals surface area contributed by atoms with Crippen molar-refractivity contribution < 1.29 is 9.18 Å². The number of halogens is 2. The lowest BCUT2D eigenvalue weighted by Crippen LogP contribution is -2.24. The maximum atomic E-state index is 13.5. The van der Waals surface area contributed by atoms with E-state index in [0.717, 1.165) is 5.56 Å². The molecule has 7 nitrogen and oxygen atoms in total. The van der Waals surface area contributed by atoms with Crippen molar-refractivity contribution in [3.05, 3.63) is 58.8 Å². The number of benzene rings is 1. The van der Waals surface area contributed by atoms with E-state index in [1.807, 2.05) is 0 Å². The summed E-state index contributed by atoms with van der Waals surface area (Å²) in [5.41, 5.74) is 7.19. The summed E-state index contributed by atoms with van der Waals surface area (Å²) in [5.74, 6) is -0.656. The maximum absolute atomic E-state index is 13.5. The molecule has 0 bridgehead atoms. The average molecular weight is 375 g/mol. The van der Waals surface area contributed by atoms with Crippen molar-refractivity contribution in [1.82, 2.24) is 20.3 Å². The minimum absolute atomic E-state index is 0.0343. The van der Waals surface area contributed by atoms with E-state index >= 15 is 0 Å². The molecule has 3 aromatic rings. The molecule has 1 amide bonds. The van der Waals surface area contributed by atoms with E-state index in [2.05, 4.69) is 25.6 Å². The van der Waals surface area contributed by atoms with Crippen molar-refractivity contribution in [2.75, 3.05) is 18.9 Å². The molecule has 9 heteroatoms. The maximum Gasteiger partial charge on any atom is 0.251 e. The topological polar surface area (TPSA) is 106 Å². The molecule has 3 rings (SSSR count). The van der Waals surface area contributed by atoms with E-state index in [9.17, 15) is 9.18 Å². The number of nitrogens with zero attached hydrogens (tertiary/aromatic N) is 3. The first-order valence-corrected chi connectivity index (χ1v) is 8.14. The van der Waals surface area contributed by atoms with Gasteiger partial charge in [-0.25, -0.2) is 14.4 Å². The number of hydrogen-bond donors (Lipinski definition) is 3. The zero-order chi connectivity index (χ0) is 18.7. The number of fused-ring (bicyclic) bond motifs is 1. The SMILES string of the molecule is CNC[C@@H](Nc1ncnc2c(C(N)=O)ccnc12)c1ccc(F)c(Cl)c1. The van der Waals surface area contributed by atoms with Gasteiger partial charge < -0.3 is 16.4 Å². The van der Waals surface area contributed by atoms with Crippen LogP contribution < -0.4 is 16.4 Å². The van der Waals surface area contributed by atoms with Crippen molar-refractivity contribution in [3.63, 3.8) is 0 Å². The standard InChI is InChI=1S/C17H16ClFN6O/c1-21-7-13(9-2-3-12(19)11(18)6-9)25-17-15-14(23-8-24-17)10(16(20)26)4-5-22-15/h2-6,8,13,21H,7H2,1H3,(H2,20,26)(H,23,24,25)/t13-/m1/s1. The predicted octanol–water partition coefficient (Wildman–Crippen LogP) is 2.29. The number of primary amides is 1. The van der Waals surface area contributed by atoms with E-state index in [4.69, 9.17) is 17.3 Å². The zero-order valence-corrected chi connectivity index (χ0v) is 14.6.